The number of nitrogens with zero attached hydrogens (tertiary/aromatic N) is 3. The van der Waals surface area contributed by atoms with Crippen LogP contribution < -0.4 is 0 Å². The predicted molar refractivity (Wildman–Crippen MR) is 54.3 cm³/mol. The van der Waals surface area contributed by atoms with Gasteiger partial charge in [-0.05, 0) is 17.3 Å². The van der Waals surface area contributed by atoms with Gasteiger partial charge in [-0.1, -0.05) is 4.85 Å². The third kappa shape index (κ3) is 1.90. The van der Waals surface area contributed by atoms with Crippen LogP contribution in [0.1, 0.15) is 0 Å². The second kappa shape index (κ2) is 3.61. The van der Waals surface area contributed by atoms with E-state index in [0.717, 1.165) is 6.07 Å². The molecule has 98 valence electrons. The Balaban J connectivity index is 3.08. The van der Waals surface area contributed by atoms with E-state index in [0.29, 0.717) is 6.07 Å². The maximum atomic E-state index is 11.1. The van der Waals surface area contributed by atoms with E-state index in [1.54, 1.807) is 0 Å². The molecular formula is C6H5N3O7S2. The third-order valence-corrected chi connectivity index (χ3v) is 4.01. The monoisotopic (exact) mass is 295 g/mol. The topological polar surface area (TPSA) is 160 Å². The zero-order chi connectivity index (χ0) is 13.7. The Morgan fingerprint density at radius 3 is 2.17 bits per heavy atom. The van der Waals surface area contributed by atoms with E-state index in [2.05, 4.69) is 10.3 Å². The summed E-state index contributed by atoms with van der Waals surface area (Å²) in [4.78, 5) is -2.02. The standard InChI is InChI=1S/C6H5N3O7S2/c10-9-3-1-2-4(17(11,12)13)6(18(14,15)16)5(3)7-8-9/h1-2,10H,(H,11,12,13)(H,14,15,16). The SMILES string of the molecule is O=S(=O)(O)c1ccc2c(nnn2O)c1S(=O)(=O)O. The molecule has 2 aromatic rings. The molecule has 0 aliphatic rings. The molecule has 0 amide bonds. The second-order valence-electron chi connectivity index (χ2n) is 3.19. The summed E-state index contributed by atoms with van der Waals surface area (Å²) in [5.74, 6) is 0. The first-order valence-corrected chi connectivity index (χ1v) is 7.03. The lowest BCUT2D eigenvalue weighted by Crippen LogP contribution is -2.09. The van der Waals surface area contributed by atoms with Gasteiger partial charge in [-0.15, -0.1) is 5.10 Å². The van der Waals surface area contributed by atoms with E-state index in [1.807, 2.05) is 0 Å². The van der Waals surface area contributed by atoms with Crippen LogP contribution in [-0.4, -0.2) is 46.3 Å². The van der Waals surface area contributed by atoms with Gasteiger partial charge in [0.05, 0.1) is 0 Å². The number of benzene rings is 1. The molecule has 2 rings (SSSR count). The van der Waals surface area contributed by atoms with E-state index in [1.165, 1.54) is 0 Å². The largest absolute Gasteiger partial charge is 0.410 e. The maximum absolute atomic E-state index is 11.1. The second-order valence-corrected chi connectivity index (χ2v) is 5.94. The lowest BCUT2D eigenvalue weighted by Gasteiger charge is -2.04. The average molecular weight is 295 g/mol. The molecule has 1 aromatic heterocycles. The summed E-state index contributed by atoms with van der Waals surface area (Å²) in [6, 6.07) is 1.66. The maximum Gasteiger partial charge on any atom is 0.298 e. The minimum Gasteiger partial charge on any atom is -0.410 e. The fraction of sp³-hybridized carbons (Fsp3) is 0. The van der Waals surface area contributed by atoms with Gasteiger partial charge in [0, 0.05) is 0 Å². The summed E-state index contributed by atoms with van der Waals surface area (Å²) in [6.07, 6.45) is 0. The van der Waals surface area contributed by atoms with Gasteiger partial charge >= 0.3 is 0 Å². The Morgan fingerprint density at radius 2 is 1.67 bits per heavy atom. The van der Waals surface area contributed by atoms with Gasteiger partial charge in [-0.3, -0.25) is 9.11 Å². The van der Waals surface area contributed by atoms with Gasteiger partial charge in [0.2, 0.25) is 0 Å². The van der Waals surface area contributed by atoms with Gasteiger partial charge in [0.1, 0.15) is 20.8 Å². The van der Waals surface area contributed by atoms with Crippen LogP contribution >= 0.6 is 0 Å². The van der Waals surface area contributed by atoms with Gasteiger partial charge in [0.25, 0.3) is 20.2 Å². The van der Waals surface area contributed by atoms with Crippen molar-refractivity contribution in [3.8, 4) is 0 Å². The minimum absolute atomic E-state index is 0.192. The van der Waals surface area contributed by atoms with Crippen LogP contribution in [0.25, 0.3) is 11.0 Å². The normalized spacial score (nSPS) is 13.0. The van der Waals surface area contributed by atoms with Crippen LogP contribution in [0.2, 0.25) is 0 Å². The molecule has 0 aliphatic carbocycles. The first kappa shape index (κ1) is 12.7. The fourth-order valence-corrected chi connectivity index (χ4v) is 3.30. The zero-order valence-electron chi connectivity index (χ0n) is 8.29. The lowest BCUT2D eigenvalue weighted by atomic mass is 10.3. The predicted octanol–water partition coefficient (Wildman–Crippen LogP) is -0.838. The molecule has 0 spiro atoms. The molecule has 0 unspecified atom stereocenters. The van der Waals surface area contributed by atoms with Crippen molar-refractivity contribution in [2.75, 3.05) is 0 Å². The molecular weight excluding hydrogens is 290 g/mol. The van der Waals surface area contributed by atoms with E-state index in [4.69, 9.17) is 14.3 Å². The summed E-state index contributed by atoms with van der Waals surface area (Å²) in [5.41, 5.74) is -0.842. The van der Waals surface area contributed by atoms with Crippen molar-refractivity contribution in [3.63, 3.8) is 0 Å². The molecule has 10 nitrogen and oxygen atoms in total. The smallest absolute Gasteiger partial charge is 0.298 e. The highest BCUT2D eigenvalue weighted by Gasteiger charge is 2.29. The summed E-state index contributed by atoms with van der Waals surface area (Å²) in [5, 5.41) is 15.4. The van der Waals surface area contributed by atoms with Crippen molar-refractivity contribution in [1.29, 1.82) is 0 Å². The van der Waals surface area contributed by atoms with E-state index < -0.39 is 35.5 Å². The molecule has 0 atom stereocenters. The van der Waals surface area contributed by atoms with Crippen LogP contribution in [0.3, 0.4) is 0 Å². The van der Waals surface area contributed by atoms with Gasteiger partial charge < -0.3 is 5.21 Å². The van der Waals surface area contributed by atoms with Gasteiger partial charge in [0.15, 0.2) is 0 Å². The Kier molecular flexibility index (Phi) is 2.55. The minimum atomic E-state index is -5.00. The summed E-state index contributed by atoms with van der Waals surface area (Å²) in [6.45, 7) is 0. The molecule has 18 heavy (non-hydrogen) atoms. The Bertz CT molecular complexity index is 835. The first-order valence-electron chi connectivity index (χ1n) is 4.15. The molecule has 0 aliphatic heterocycles. The number of rotatable bonds is 2. The Hall–Kier alpha value is -1.76. The van der Waals surface area contributed by atoms with Crippen molar-refractivity contribution in [2.45, 2.75) is 9.79 Å². The summed E-state index contributed by atoms with van der Waals surface area (Å²) < 4.78 is 62.2. The highest BCUT2D eigenvalue weighted by atomic mass is 32.2. The first-order chi connectivity index (χ1) is 8.12. The van der Waals surface area contributed by atoms with E-state index in [-0.39, 0.29) is 10.4 Å². The molecule has 0 saturated heterocycles. The number of aromatic nitrogens is 3. The highest BCUT2D eigenvalue weighted by molar-refractivity contribution is 7.89. The van der Waals surface area contributed by atoms with Crippen molar-refractivity contribution in [2.24, 2.45) is 0 Å². The Morgan fingerprint density at radius 1 is 1.06 bits per heavy atom. The molecule has 0 saturated carbocycles. The van der Waals surface area contributed by atoms with Crippen LogP contribution in [0.4, 0.5) is 0 Å². The Labute approximate surface area is 99.9 Å². The van der Waals surface area contributed by atoms with Crippen molar-refractivity contribution < 1.29 is 31.1 Å². The summed E-state index contributed by atoms with van der Waals surface area (Å²) in [7, 11) is -9.89. The van der Waals surface area contributed by atoms with Crippen molar-refractivity contribution in [3.05, 3.63) is 12.1 Å². The van der Waals surface area contributed by atoms with Crippen molar-refractivity contribution in [1.82, 2.24) is 15.2 Å². The quantitative estimate of drug-likeness (QED) is 0.474. The molecule has 12 heteroatoms. The molecule has 1 heterocycles. The number of fused-ring (bicyclic) bond motifs is 1. The van der Waals surface area contributed by atoms with E-state index >= 15 is 0 Å². The molecule has 1 aromatic carbocycles. The summed E-state index contributed by atoms with van der Waals surface area (Å²) >= 11 is 0. The number of hydrogen-bond donors (Lipinski definition) is 3. The lowest BCUT2D eigenvalue weighted by molar-refractivity contribution is 0.154. The fourth-order valence-electron chi connectivity index (χ4n) is 1.39. The molecule has 0 fully saturated rings. The zero-order valence-corrected chi connectivity index (χ0v) is 9.92. The number of hydrogen-bond acceptors (Lipinski definition) is 7. The third-order valence-electron chi connectivity index (χ3n) is 2.05. The van der Waals surface area contributed by atoms with Crippen molar-refractivity contribution >= 4 is 31.3 Å². The highest BCUT2D eigenvalue weighted by Crippen LogP contribution is 2.27. The van der Waals surface area contributed by atoms with Gasteiger partial charge in [-0.25, -0.2) is 0 Å². The molecule has 0 radical (unpaired) electrons. The average Bonchev–Trinajstić information content (AvgIpc) is 2.56. The van der Waals surface area contributed by atoms with Gasteiger partial charge in [-0.2, -0.15) is 16.8 Å². The van der Waals surface area contributed by atoms with Crippen LogP contribution in [0.15, 0.2) is 21.9 Å². The molecule has 0 bridgehead atoms. The molecule has 3 N–H and O–H groups in total. The van der Waals surface area contributed by atoms with Crippen LogP contribution in [0.5, 0.6) is 0 Å². The van der Waals surface area contributed by atoms with Crippen LogP contribution in [0, 0.1) is 0 Å². The van der Waals surface area contributed by atoms with E-state index in [9.17, 15) is 16.8 Å². The van der Waals surface area contributed by atoms with Crippen LogP contribution in [-0.2, 0) is 20.2 Å².